The molecule has 1 aliphatic heterocycles. The van der Waals surface area contributed by atoms with Gasteiger partial charge in [-0.15, -0.1) is 0 Å². The number of nitrogens with zero attached hydrogens (tertiary/aromatic N) is 5. The van der Waals surface area contributed by atoms with Crippen LogP contribution in [-0.2, 0) is 19.3 Å². The third kappa shape index (κ3) is 5.59. The maximum Gasteiger partial charge on any atom is 0.421 e. The molecule has 0 spiro atoms. The van der Waals surface area contributed by atoms with Crippen LogP contribution in [0.5, 0.6) is 11.6 Å². The molecule has 5 rings (SSSR count). The van der Waals surface area contributed by atoms with Gasteiger partial charge in [-0.05, 0) is 37.6 Å². The number of amides is 2. The molecule has 0 aliphatic carbocycles. The molecule has 0 bridgehead atoms. The fourth-order valence-electron chi connectivity index (χ4n) is 4.48. The van der Waals surface area contributed by atoms with Crippen molar-refractivity contribution in [3.8, 4) is 22.8 Å². The number of fused-ring (bicyclic) bond motifs is 1. The van der Waals surface area contributed by atoms with E-state index in [0.717, 1.165) is 18.1 Å². The van der Waals surface area contributed by atoms with Crippen molar-refractivity contribution in [2.24, 2.45) is 0 Å². The summed E-state index contributed by atoms with van der Waals surface area (Å²) >= 11 is 7.30. The summed E-state index contributed by atoms with van der Waals surface area (Å²) in [6.07, 6.45) is -1.77. The van der Waals surface area contributed by atoms with Crippen LogP contribution >= 0.6 is 22.9 Å². The van der Waals surface area contributed by atoms with Crippen LogP contribution in [0.4, 0.5) is 18.3 Å². The van der Waals surface area contributed by atoms with Crippen molar-refractivity contribution < 1.29 is 32.2 Å². The van der Waals surface area contributed by atoms with Crippen LogP contribution in [0.25, 0.3) is 11.1 Å². The van der Waals surface area contributed by atoms with Crippen LogP contribution in [0.1, 0.15) is 48.2 Å². The van der Waals surface area contributed by atoms with E-state index in [1.165, 1.54) is 42.7 Å². The second kappa shape index (κ2) is 11.2. The van der Waals surface area contributed by atoms with Crippen LogP contribution < -0.4 is 14.8 Å². The number of ether oxygens (including phenoxy) is 2. The van der Waals surface area contributed by atoms with E-state index < -0.39 is 29.4 Å². The van der Waals surface area contributed by atoms with Gasteiger partial charge in [-0.25, -0.2) is 15.0 Å². The molecule has 218 valence electrons. The number of hydrogen-bond acceptors (Lipinski definition) is 9. The van der Waals surface area contributed by atoms with Gasteiger partial charge in [0.15, 0.2) is 5.13 Å². The van der Waals surface area contributed by atoms with E-state index in [0.29, 0.717) is 33.4 Å². The Morgan fingerprint density at radius 3 is 2.45 bits per heavy atom. The molecular formula is C27H22ClF3N6O4S. The SMILES string of the molecule is COc1cnc(Cl)cc1-c1cc(C)ncc1C(=O)Nc1nc2c(s1)CN(C(=O)c1nc(OC)c(C(F)(F)F)cc1C)C2. The largest absolute Gasteiger partial charge is 0.494 e. The Morgan fingerprint density at radius 2 is 1.79 bits per heavy atom. The minimum atomic E-state index is -4.68. The minimum absolute atomic E-state index is 0.0684. The van der Waals surface area contributed by atoms with Crippen molar-refractivity contribution in [2.45, 2.75) is 33.1 Å². The number of aromatic nitrogens is 4. The first-order chi connectivity index (χ1) is 19.9. The first-order valence-electron chi connectivity index (χ1n) is 12.3. The van der Waals surface area contributed by atoms with E-state index in [9.17, 15) is 22.8 Å². The molecule has 1 aliphatic rings. The van der Waals surface area contributed by atoms with E-state index in [1.807, 2.05) is 0 Å². The Balaban J connectivity index is 1.35. The predicted octanol–water partition coefficient (Wildman–Crippen LogP) is 5.71. The van der Waals surface area contributed by atoms with Gasteiger partial charge in [0.25, 0.3) is 11.8 Å². The summed E-state index contributed by atoms with van der Waals surface area (Å²) in [4.78, 5) is 45.3. The van der Waals surface area contributed by atoms with Crippen molar-refractivity contribution in [3.05, 3.63) is 74.4 Å². The van der Waals surface area contributed by atoms with Crippen LogP contribution in [0.3, 0.4) is 0 Å². The number of nitrogens with one attached hydrogen (secondary N) is 1. The highest BCUT2D eigenvalue weighted by Gasteiger charge is 2.37. The number of carbonyl (C=O) groups is 2. The Morgan fingerprint density at radius 1 is 1.02 bits per heavy atom. The molecule has 5 heterocycles. The molecule has 0 saturated carbocycles. The minimum Gasteiger partial charge on any atom is -0.494 e. The lowest BCUT2D eigenvalue weighted by atomic mass is 10.0. The van der Waals surface area contributed by atoms with Gasteiger partial charge < -0.3 is 14.4 Å². The van der Waals surface area contributed by atoms with Crippen LogP contribution in [0.15, 0.2) is 30.6 Å². The van der Waals surface area contributed by atoms with Gasteiger partial charge >= 0.3 is 6.18 Å². The van der Waals surface area contributed by atoms with Crippen LogP contribution in [0.2, 0.25) is 5.15 Å². The number of methoxy groups -OCH3 is 2. The lowest BCUT2D eigenvalue weighted by Gasteiger charge is -2.18. The standard InChI is InChI=1S/C27H22ClF3N6O4S/c1-12-5-17(27(29,30)31)24(41-4)35-22(12)25(39)37-10-18-20(11-37)42-26(34-18)36-23(38)16-8-32-13(2)6-14(16)15-7-21(28)33-9-19(15)40-3/h5-9H,10-11H2,1-4H3,(H,34,36,38). The Bertz CT molecular complexity index is 1710. The summed E-state index contributed by atoms with van der Waals surface area (Å²) in [7, 11) is 2.55. The molecule has 1 N–H and O–H groups in total. The second-order valence-electron chi connectivity index (χ2n) is 9.29. The fraction of sp³-hybridized carbons (Fsp3) is 0.259. The van der Waals surface area contributed by atoms with Crippen LogP contribution in [-0.4, -0.2) is 50.9 Å². The van der Waals surface area contributed by atoms with Gasteiger partial charge in [0.1, 0.15) is 22.2 Å². The van der Waals surface area contributed by atoms with Crippen molar-refractivity contribution in [1.82, 2.24) is 24.8 Å². The summed E-state index contributed by atoms with van der Waals surface area (Å²) < 4.78 is 50.2. The molecule has 2 amide bonds. The number of aryl methyl sites for hydroxylation is 2. The molecule has 0 atom stereocenters. The number of halogens is 4. The molecule has 0 fully saturated rings. The van der Waals surface area contributed by atoms with E-state index in [1.54, 1.807) is 19.1 Å². The molecular weight excluding hydrogens is 597 g/mol. The molecule has 0 saturated heterocycles. The summed E-state index contributed by atoms with van der Waals surface area (Å²) in [6.45, 7) is 3.41. The lowest BCUT2D eigenvalue weighted by molar-refractivity contribution is -0.139. The topological polar surface area (TPSA) is 119 Å². The summed E-state index contributed by atoms with van der Waals surface area (Å²) in [5.74, 6) is -1.28. The van der Waals surface area contributed by atoms with Gasteiger partial charge in [-0.2, -0.15) is 13.2 Å². The number of pyridine rings is 3. The Kier molecular flexibility index (Phi) is 7.77. The van der Waals surface area contributed by atoms with Gasteiger partial charge in [-0.1, -0.05) is 22.9 Å². The van der Waals surface area contributed by atoms with Gasteiger partial charge in [0.05, 0.1) is 49.6 Å². The van der Waals surface area contributed by atoms with E-state index in [2.05, 4.69) is 25.3 Å². The number of thiazole rings is 1. The Hall–Kier alpha value is -4.30. The zero-order valence-corrected chi connectivity index (χ0v) is 24.2. The van der Waals surface area contributed by atoms with Crippen molar-refractivity contribution >= 4 is 39.9 Å². The molecule has 10 nitrogen and oxygen atoms in total. The van der Waals surface area contributed by atoms with Crippen molar-refractivity contribution in [3.63, 3.8) is 0 Å². The Labute approximate surface area is 246 Å². The van der Waals surface area contributed by atoms with Gasteiger partial charge in [0.2, 0.25) is 5.88 Å². The quantitative estimate of drug-likeness (QED) is 0.273. The number of carbonyl (C=O) groups excluding carboxylic acids is 2. The highest BCUT2D eigenvalue weighted by Crippen LogP contribution is 2.38. The van der Waals surface area contributed by atoms with Gasteiger partial charge in [-0.3, -0.25) is 19.9 Å². The smallest absolute Gasteiger partial charge is 0.421 e. The molecule has 0 radical (unpaired) electrons. The zero-order chi connectivity index (χ0) is 30.3. The van der Waals surface area contributed by atoms with Gasteiger partial charge in [0, 0.05) is 23.0 Å². The molecule has 42 heavy (non-hydrogen) atoms. The molecule has 15 heteroatoms. The van der Waals surface area contributed by atoms with Crippen molar-refractivity contribution in [1.29, 1.82) is 0 Å². The average Bonchev–Trinajstić information content (AvgIpc) is 3.50. The third-order valence-electron chi connectivity index (χ3n) is 6.47. The first-order valence-corrected chi connectivity index (χ1v) is 13.5. The highest BCUT2D eigenvalue weighted by atomic mass is 35.5. The number of alkyl halides is 3. The monoisotopic (exact) mass is 618 g/mol. The molecule has 0 aromatic carbocycles. The second-order valence-corrected chi connectivity index (χ2v) is 10.8. The maximum absolute atomic E-state index is 13.3. The van der Waals surface area contributed by atoms with E-state index >= 15 is 0 Å². The first kappa shape index (κ1) is 29.2. The van der Waals surface area contributed by atoms with E-state index in [4.69, 9.17) is 21.1 Å². The highest BCUT2D eigenvalue weighted by molar-refractivity contribution is 7.16. The summed E-state index contributed by atoms with van der Waals surface area (Å²) in [5.41, 5.74) is 1.46. The molecule has 0 unspecified atom stereocenters. The third-order valence-corrected chi connectivity index (χ3v) is 7.67. The number of rotatable bonds is 6. The summed E-state index contributed by atoms with van der Waals surface area (Å²) in [5, 5.41) is 3.33. The molecule has 4 aromatic rings. The molecule has 4 aromatic heterocycles. The lowest BCUT2D eigenvalue weighted by Crippen LogP contribution is -2.28. The fourth-order valence-corrected chi connectivity index (χ4v) is 5.62. The van der Waals surface area contributed by atoms with Crippen molar-refractivity contribution in [2.75, 3.05) is 19.5 Å². The normalized spacial score (nSPS) is 12.7. The van der Waals surface area contributed by atoms with E-state index in [-0.39, 0.29) is 35.1 Å². The zero-order valence-electron chi connectivity index (χ0n) is 22.6. The average molecular weight is 619 g/mol. The summed E-state index contributed by atoms with van der Waals surface area (Å²) in [6, 6.07) is 4.18. The predicted molar refractivity (Wildman–Crippen MR) is 148 cm³/mol. The number of hydrogen-bond donors (Lipinski definition) is 1. The maximum atomic E-state index is 13.3. The van der Waals surface area contributed by atoms with Crippen LogP contribution in [0, 0.1) is 13.8 Å². The number of anilines is 1.